The summed E-state index contributed by atoms with van der Waals surface area (Å²) >= 11 is 5.93. The Morgan fingerprint density at radius 1 is 1.32 bits per heavy atom. The number of hydrogen-bond acceptors (Lipinski definition) is 5. The number of hydrogen-bond donors (Lipinski definition) is 2. The number of nitrogens with one attached hydrogen (secondary N) is 1. The van der Waals surface area contributed by atoms with Crippen molar-refractivity contribution in [1.82, 2.24) is 0 Å². The molecule has 1 aliphatic rings. The Balaban J connectivity index is 1.79. The van der Waals surface area contributed by atoms with Crippen LogP contribution in [0.2, 0.25) is 5.02 Å². The maximum Gasteiger partial charge on any atom is 0.265 e. The molecule has 25 heavy (non-hydrogen) atoms. The molecule has 0 aromatic heterocycles. The first-order valence-corrected chi connectivity index (χ1v) is 9.65. The van der Waals surface area contributed by atoms with Crippen molar-refractivity contribution < 1.29 is 23.1 Å². The molecule has 1 aliphatic heterocycles. The molecule has 0 saturated heterocycles. The Morgan fingerprint density at radius 3 is 2.80 bits per heavy atom. The number of rotatable bonds is 4. The molecule has 1 amide bonds. The monoisotopic (exact) mass is 381 g/mol. The van der Waals surface area contributed by atoms with E-state index in [0.29, 0.717) is 17.2 Å². The molecule has 1 heterocycles. The van der Waals surface area contributed by atoms with E-state index < -0.39 is 21.8 Å². The third kappa shape index (κ3) is 3.57. The molecule has 1 atom stereocenters. The number of sulfone groups is 1. The number of fused-ring (bicyclic) bond motifs is 1. The van der Waals surface area contributed by atoms with Gasteiger partial charge in [-0.2, -0.15) is 0 Å². The predicted octanol–water partition coefficient (Wildman–Crippen LogP) is 2.78. The van der Waals surface area contributed by atoms with Crippen LogP contribution in [0, 0.1) is 0 Å². The number of aromatic hydroxyl groups is 1. The van der Waals surface area contributed by atoms with Gasteiger partial charge in [-0.15, -0.1) is 0 Å². The molecule has 2 aromatic carbocycles. The SMILES string of the molecule is CCS(=O)(=O)c1ccc(O)c(NC(=O)[C@@H]2Cc3cc(Cl)ccc3O2)c1. The summed E-state index contributed by atoms with van der Waals surface area (Å²) in [5, 5.41) is 13.0. The number of amides is 1. The van der Waals surface area contributed by atoms with E-state index in [9.17, 15) is 18.3 Å². The second-order valence-electron chi connectivity index (χ2n) is 5.63. The van der Waals surface area contributed by atoms with Gasteiger partial charge in [0.25, 0.3) is 5.91 Å². The second-order valence-corrected chi connectivity index (χ2v) is 8.35. The fourth-order valence-electron chi connectivity index (χ4n) is 2.55. The first-order chi connectivity index (χ1) is 11.8. The van der Waals surface area contributed by atoms with Crippen LogP contribution in [0.1, 0.15) is 12.5 Å². The molecule has 0 bridgehead atoms. The van der Waals surface area contributed by atoms with E-state index in [1.165, 1.54) is 25.1 Å². The van der Waals surface area contributed by atoms with Crippen molar-refractivity contribution >= 4 is 33.0 Å². The predicted molar refractivity (Wildman–Crippen MR) is 94.0 cm³/mol. The molecular weight excluding hydrogens is 366 g/mol. The minimum absolute atomic E-state index is 0.0251. The lowest BCUT2D eigenvalue weighted by Crippen LogP contribution is -2.31. The van der Waals surface area contributed by atoms with Gasteiger partial charge >= 0.3 is 0 Å². The fourth-order valence-corrected chi connectivity index (χ4v) is 3.65. The number of benzene rings is 2. The number of anilines is 1. The van der Waals surface area contributed by atoms with Gasteiger partial charge in [0.2, 0.25) is 0 Å². The standard InChI is InChI=1S/C17H16ClNO5S/c1-2-25(22,23)12-4-5-14(20)13(9-12)19-17(21)16-8-10-7-11(18)3-6-15(10)24-16/h3-7,9,16,20H,2,8H2,1H3,(H,19,21)/t16-/m0/s1. The summed E-state index contributed by atoms with van der Waals surface area (Å²) in [7, 11) is -3.45. The molecule has 0 spiro atoms. The molecule has 8 heteroatoms. The van der Waals surface area contributed by atoms with Crippen LogP contribution in [0.25, 0.3) is 0 Å². The van der Waals surface area contributed by atoms with Crippen LogP contribution in [-0.4, -0.2) is 31.3 Å². The van der Waals surface area contributed by atoms with Gasteiger partial charge in [0.1, 0.15) is 11.5 Å². The van der Waals surface area contributed by atoms with Crippen molar-refractivity contribution in [2.24, 2.45) is 0 Å². The van der Waals surface area contributed by atoms with Gasteiger partial charge in [0.05, 0.1) is 16.3 Å². The molecule has 6 nitrogen and oxygen atoms in total. The summed E-state index contributed by atoms with van der Waals surface area (Å²) in [5.41, 5.74) is 0.844. The van der Waals surface area contributed by atoms with Crippen LogP contribution < -0.4 is 10.1 Å². The topological polar surface area (TPSA) is 92.7 Å². The smallest absolute Gasteiger partial charge is 0.265 e. The van der Waals surface area contributed by atoms with Crippen molar-refractivity contribution in [3.8, 4) is 11.5 Å². The Bertz CT molecular complexity index is 942. The van der Waals surface area contributed by atoms with Crippen LogP contribution >= 0.6 is 11.6 Å². The van der Waals surface area contributed by atoms with Crippen molar-refractivity contribution in [2.75, 3.05) is 11.1 Å². The van der Waals surface area contributed by atoms with Gasteiger partial charge in [0.15, 0.2) is 15.9 Å². The number of carbonyl (C=O) groups excluding carboxylic acids is 1. The fraction of sp³-hybridized carbons (Fsp3) is 0.235. The number of carbonyl (C=O) groups is 1. The normalized spacial score (nSPS) is 16.2. The lowest BCUT2D eigenvalue weighted by molar-refractivity contribution is -0.122. The Kier molecular flexibility index (Phi) is 4.62. The average molecular weight is 382 g/mol. The zero-order chi connectivity index (χ0) is 18.2. The van der Waals surface area contributed by atoms with Gasteiger partial charge in [0, 0.05) is 11.4 Å². The van der Waals surface area contributed by atoms with Gasteiger partial charge in [-0.3, -0.25) is 4.79 Å². The Morgan fingerprint density at radius 2 is 2.08 bits per heavy atom. The van der Waals surface area contributed by atoms with Crippen molar-refractivity contribution in [3.63, 3.8) is 0 Å². The zero-order valence-corrected chi connectivity index (χ0v) is 14.9. The molecule has 0 aliphatic carbocycles. The Labute approximate surface area is 150 Å². The van der Waals surface area contributed by atoms with E-state index in [2.05, 4.69) is 5.32 Å². The number of phenols is 1. The Hall–Kier alpha value is -2.25. The third-order valence-electron chi connectivity index (χ3n) is 3.95. The average Bonchev–Trinajstić information content (AvgIpc) is 2.99. The lowest BCUT2D eigenvalue weighted by Gasteiger charge is -2.13. The summed E-state index contributed by atoms with van der Waals surface area (Å²) in [6.45, 7) is 1.52. The largest absolute Gasteiger partial charge is 0.506 e. The first-order valence-electron chi connectivity index (χ1n) is 7.62. The minimum Gasteiger partial charge on any atom is -0.506 e. The third-order valence-corrected chi connectivity index (χ3v) is 5.92. The molecule has 0 saturated carbocycles. The highest BCUT2D eigenvalue weighted by atomic mass is 35.5. The number of halogens is 1. The first kappa shape index (κ1) is 17.6. The van der Waals surface area contributed by atoms with Crippen molar-refractivity contribution in [3.05, 3.63) is 47.0 Å². The molecule has 3 rings (SSSR count). The van der Waals surface area contributed by atoms with E-state index >= 15 is 0 Å². The summed E-state index contributed by atoms with van der Waals surface area (Å²) in [6.07, 6.45) is -0.436. The van der Waals surface area contributed by atoms with Gasteiger partial charge in [-0.25, -0.2) is 8.42 Å². The highest BCUT2D eigenvalue weighted by molar-refractivity contribution is 7.91. The van der Waals surface area contributed by atoms with E-state index in [1.54, 1.807) is 18.2 Å². The number of phenolic OH excluding ortho intramolecular Hbond substituents is 1. The molecule has 0 radical (unpaired) electrons. The quantitative estimate of drug-likeness (QED) is 0.794. The highest BCUT2D eigenvalue weighted by Gasteiger charge is 2.30. The summed E-state index contributed by atoms with van der Waals surface area (Å²) in [4.78, 5) is 12.5. The summed E-state index contributed by atoms with van der Waals surface area (Å²) < 4.78 is 29.5. The minimum atomic E-state index is -3.45. The highest BCUT2D eigenvalue weighted by Crippen LogP contribution is 2.32. The van der Waals surface area contributed by atoms with E-state index in [4.69, 9.17) is 16.3 Å². The second kappa shape index (κ2) is 6.57. The van der Waals surface area contributed by atoms with Gasteiger partial charge in [-0.1, -0.05) is 18.5 Å². The lowest BCUT2D eigenvalue weighted by atomic mass is 10.1. The molecular formula is C17H16ClNO5S. The summed E-state index contributed by atoms with van der Waals surface area (Å²) in [5.74, 6) is -0.195. The molecule has 0 unspecified atom stereocenters. The van der Waals surface area contributed by atoms with E-state index in [0.717, 1.165) is 5.56 Å². The van der Waals surface area contributed by atoms with Crippen LogP contribution in [0.3, 0.4) is 0 Å². The zero-order valence-electron chi connectivity index (χ0n) is 13.3. The molecule has 2 aromatic rings. The van der Waals surface area contributed by atoms with Crippen molar-refractivity contribution in [2.45, 2.75) is 24.3 Å². The van der Waals surface area contributed by atoms with Crippen LogP contribution in [0.15, 0.2) is 41.3 Å². The van der Waals surface area contributed by atoms with E-state index in [1.807, 2.05) is 0 Å². The molecule has 0 fully saturated rings. The van der Waals surface area contributed by atoms with Gasteiger partial charge in [-0.05, 0) is 42.0 Å². The number of ether oxygens (including phenoxy) is 1. The van der Waals surface area contributed by atoms with Crippen molar-refractivity contribution in [1.29, 1.82) is 0 Å². The maximum atomic E-state index is 12.4. The van der Waals surface area contributed by atoms with Crippen LogP contribution in [-0.2, 0) is 21.1 Å². The van der Waals surface area contributed by atoms with Crippen LogP contribution in [0.5, 0.6) is 11.5 Å². The van der Waals surface area contributed by atoms with E-state index in [-0.39, 0.29) is 22.1 Å². The van der Waals surface area contributed by atoms with Crippen LogP contribution in [0.4, 0.5) is 5.69 Å². The summed E-state index contributed by atoms with van der Waals surface area (Å²) in [6, 6.07) is 8.87. The maximum absolute atomic E-state index is 12.4. The molecule has 132 valence electrons. The molecule has 2 N–H and O–H groups in total. The van der Waals surface area contributed by atoms with Gasteiger partial charge < -0.3 is 15.2 Å².